The van der Waals surface area contributed by atoms with Gasteiger partial charge in [-0.25, -0.2) is 4.72 Å². The summed E-state index contributed by atoms with van der Waals surface area (Å²) in [6.07, 6.45) is 1.14. The molecule has 15 heavy (non-hydrogen) atoms. The molecule has 0 spiro atoms. The fraction of sp³-hybridized carbons (Fsp3) is 0.857. The van der Waals surface area contributed by atoms with Gasteiger partial charge in [0.15, 0.2) is 0 Å². The van der Waals surface area contributed by atoms with E-state index in [1.807, 2.05) is 0 Å². The molecule has 0 fully saturated rings. The van der Waals surface area contributed by atoms with E-state index in [4.69, 9.17) is 10.5 Å². The number of rotatable bonds is 9. The predicted octanol–water partition coefficient (Wildman–Crippen LogP) is -0.877. The van der Waals surface area contributed by atoms with Gasteiger partial charge in [-0.1, -0.05) is 12.2 Å². The third-order valence-corrected chi connectivity index (χ3v) is 2.86. The van der Waals surface area contributed by atoms with E-state index in [-0.39, 0.29) is 6.54 Å². The van der Waals surface area contributed by atoms with Gasteiger partial charge >= 0.3 is 0 Å². The van der Waals surface area contributed by atoms with Crippen LogP contribution in [0, 0.1) is 0 Å². The summed E-state index contributed by atoms with van der Waals surface area (Å²) < 4.78 is 31.8. The fourth-order valence-electron chi connectivity index (χ4n) is 0.798. The Morgan fingerprint density at radius 2 is 2.00 bits per heavy atom. The van der Waals surface area contributed by atoms with E-state index in [0.717, 1.165) is 0 Å². The van der Waals surface area contributed by atoms with Gasteiger partial charge < -0.3 is 10.5 Å². The number of thiocarbonyl (C=S) groups is 1. The molecular weight excluding hydrogens is 238 g/mol. The molecule has 0 radical (unpaired) electrons. The Bertz CT molecular complexity index is 279. The number of hydrogen-bond acceptors (Lipinski definition) is 4. The maximum atomic E-state index is 11.2. The Morgan fingerprint density at radius 1 is 1.40 bits per heavy atom. The average molecular weight is 255 g/mol. The first-order valence-corrected chi connectivity index (χ1v) is 6.38. The van der Waals surface area contributed by atoms with Crippen LogP contribution in [0.4, 0.5) is 0 Å². The van der Waals surface area contributed by atoms with Crippen molar-refractivity contribution in [2.75, 3.05) is 26.8 Å². The topological polar surface area (TPSA) is 93.4 Å². The summed E-state index contributed by atoms with van der Waals surface area (Å²) in [5, 5.41) is 0. The van der Waals surface area contributed by atoms with Gasteiger partial charge in [0.25, 0.3) is 10.2 Å². The van der Waals surface area contributed by atoms with Crippen molar-refractivity contribution >= 4 is 27.4 Å². The second-order valence-electron chi connectivity index (χ2n) is 2.85. The number of hydrogen-bond donors (Lipinski definition) is 3. The molecule has 6 nitrogen and oxygen atoms in total. The molecule has 0 saturated heterocycles. The van der Waals surface area contributed by atoms with Crippen LogP contribution in [-0.4, -0.2) is 40.2 Å². The zero-order valence-electron chi connectivity index (χ0n) is 8.65. The Hall–Kier alpha value is -0.280. The van der Waals surface area contributed by atoms with E-state index in [1.54, 1.807) is 0 Å². The Morgan fingerprint density at radius 3 is 2.53 bits per heavy atom. The van der Waals surface area contributed by atoms with E-state index in [0.29, 0.717) is 31.0 Å². The molecule has 0 aliphatic heterocycles. The molecule has 8 heteroatoms. The molecule has 0 saturated carbocycles. The average Bonchev–Trinajstić information content (AvgIpc) is 2.13. The molecular formula is C7H17N3O3S2. The molecule has 4 N–H and O–H groups in total. The molecule has 0 heterocycles. The first-order valence-electron chi connectivity index (χ1n) is 4.49. The van der Waals surface area contributed by atoms with E-state index >= 15 is 0 Å². The Labute approximate surface area is 95.7 Å². The van der Waals surface area contributed by atoms with Crippen LogP contribution < -0.4 is 15.2 Å². The number of nitrogens with two attached hydrogens (primary N) is 1. The zero-order chi connectivity index (χ0) is 11.7. The van der Waals surface area contributed by atoms with Crippen LogP contribution in [0.15, 0.2) is 0 Å². The summed E-state index contributed by atoms with van der Waals surface area (Å²) in [5.41, 5.74) is 5.26. The smallest absolute Gasteiger partial charge is 0.276 e. The van der Waals surface area contributed by atoms with Crippen molar-refractivity contribution in [2.45, 2.75) is 12.8 Å². The van der Waals surface area contributed by atoms with E-state index in [2.05, 4.69) is 21.7 Å². The lowest BCUT2D eigenvalue weighted by Crippen LogP contribution is -2.38. The van der Waals surface area contributed by atoms with Crippen molar-refractivity contribution in [1.29, 1.82) is 0 Å². The summed E-state index contributed by atoms with van der Waals surface area (Å²) >= 11 is 4.66. The minimum absolute atomic E-state index is 0.251. The van der Waals surface area contributed by atoms with Gasteiger partial charge in [0.1, 0.15) is 0 Å². The first-order chi connectivity index (χ1) is 6.98. The number of methoxy groups -OCH3 is 1. The lowest BCUT2D eigenvalue weighted by Gasteiger charge is -2.07. The van der Waals surface area contributed by atoms with E-state index in [9.17, 15) is 8.42 Å². The van der Waals surface area contributed by atoms with Crippen LogP contribution in [-0.2, 0) is 14.9 Å². The summed E-state index contributed by atoms with van der Waals surface area (Å²) in [6.45, 7) is 0.911. The van der Waals surface area contributed by atoms with Crippen LogP contribution >= 0.6 is 12.2 Å². The van der Waals surface area contributed by atoms with Gasteiger partial charge in [-0.05, 0) is 12.8 Å². The highest BCUT2D eigenvalue weighted by Crippen LogP contribution is 1.88. The molecule has 0 aromatic carbocycles. The highest BCUT2D eigenvalue weighted by Gasteiger charge is 2.06. The molecule has 0 rings (SSSR count). The first kappa shape index (κ1) is 14.7. The zero-order valence-corrected chi connectivity index (χ0v) is 10.3. The SMILES string of the molecule is COCCNS(=O)(=O)NCCCC(N)=S. The van der Waals surface area contributed by atoms with Gasteiger partial charge in [-0.15, -0.1) is 0 Å². The third kappa shape index (κ3) is 10.0. The van der Waals surface area contributed by atoms with Crippen molar-refractivity contribution in [3.63, 3.8) is 0 Å². The Kier molecular flexibility index (Phi) is 7.79. The highest BCUT2D eigenvalue weighted by molar-refractivity contribution is 7.87. The molecule has 90 valence electrons. The van der Waals surface area contributed by atoms with Crippen molar-refractivity contribution < 1.29 is 13.2 Å². The lowest BCUT2D eigenvalue weighted by molar-refractivity contribution is 0.204. The standard InChI is InChI=1S/C7H17N3O3S2/c1-13-6-5-10-15(11,12)9-4-2-3-7(8)14/h9-10H,2-6H2,1H3,(H2,8,14). The van der Waals surface area contributed by atoms with Crippen LogP contribution in [0.2, 0.25) is 0 Å². The number of nitrogens with one attached hydrogen (secondary N) is 2. The van der Waals surface area contributed by atoms with Crippen LogP contribution in [0.1, 0.15) is 12.8 Å². The van der Waals surface area contributed by atoms with Gasteiger partial charge in [0, 0.05) is 20.2 Å². The molecule has 0 unspecified atom stereocenters. The lowest BCUT2D eigenvalue weighted by atomic mass is 10.3. The molecule has 0 aliphatic rings. The fourth-order valence-corrected chi connectivity index (χ4v) is 1.81. The van der Waals surface area contributed by atoms with Crippen LogP contribution in [0.25, 0.3) is 0 Å². The van der Waals surface area contributed by atoms with Crippen molar-refractivity contribution in [1.82, 2.24) is 9.44 Å². The highest BCUT2D eigenvalue weighted by atomic mass is 32.2. The van der Waals surface area contributed by atoms with Crippen molar-refractivity contribution in [2.24, 2.45) is 5.73 Å². The van der Waals surface area contributed by atoms with Gasteiger partial charge in [-0.3, -0.25) is 0 Å². The van der Waals surface area contributed by atoms with Crippen molar-refractivity contribution in [3.05, 3.63) is 0 Å². The molecule has 0 aromatic rings. The molecule has 0 amide bonds. The summed E-state index contributed by atoms with van der Waals surface area (Å²) in [7, 11) is -1.91. The van der Waals surface area contributed by atoms with Crippen LogP contribution in [0.5, 0.6) is 0 Å². The molecule has 0 aromatic heterocycles. The quantitative estimate of drug-likeness (QED) is 0.367. The minimum Gasteiger partial charge on any atom is -0.393 e. The third-order valence-electron chi connectivity index (χ3n) is 1.49. The maximum Gasteiger partial charge on any atom is 0.276 e. The summed E-state index contributed by atoms with van der Waals surface area (Å²) in [4.78, 5) is 0.390. The van der Waals surface area contributed by atoms with Gasteiger partial charge in [0.05, 0.1) is 11.6 Å². The summed E-state index contributed by atoms with van der Waals surface area (Å²) in [5.74, 6) is 0. The summed E-state index contributed by atoms with van der Waals surface area (Å²) in [6, 6.07) is 0. The largest absolute Gasteiger partial charge is 0.393 e. The second-order valence-corrected chi connectivity index (χ2v) is 4.96. The maximum absolute atomic E-state index is 11.2. The van der Waals surface area contributed by atoms with Gasteiger partial charge in [0.2, 0.25) is 0 Å². The normalized spacial score (nSPS) is 11.5. The Balaban J connectivity index is 3.60. The van der Waals surface area contributed by atoms with Gasteiger partial charge in [-0.2, -0.15) is 13.1 Å². The van der Waals surface area contributed by atoms with Crippen molar-refractivity contribution in [3.8, 4) is 0 Å². The van der Waals surface area contributed by atoms with E-state index < -0.39 is 10.2 Å². The minimum atomic E-state index is -3.42. The monoisotopic (exact) mass is 255 g/mol. The number of ether oxygens (including phenoxy) is 1. The second kappa shape index (κ2) is 7.94. The predicted molar refractivity (Wildman–Crippen MR) is 62.8 cm³/mol. The van der Waals surface area contributed by atoms with E-state index in [1.165, 1.54) is 7.11 Å². The molecule has 0 aliphatic carbocycles. The molecule has 0 atom stereocenters. The van der Waals surface area contributed by atoms with Crippen LogP contribution in [0.3, 0.4) is 0 Å². The molecule has 0 bridgehead atoms.